The number of aryl methyl sites for hydroxylation is 2. The van der Waals surface area contributed by atoms with Crippen LogP contribution in [0.15, 0.2) is 104 Å². The van der Waals surface area contributed by atoms with Gasteiger partial charge < -0.3 is 4.57 Å². The van der Waals surface area contributed by atoms with Crippen LogP contribution in [-0.4, -0.2) is 4.57 Å². The largest absolute Gasteiger partial charge is 0.309 e. The molecule has 0 radical (unpaired) electrons. The Balaban J connectivity index is 1.56. The van der Waals surface area contributed by atoms with Gasteiger partial charge in [0.1, 0.15) is 0 Å². The Hall–Kier alpha value is -4.36. The summed E-state index contributed by atoms with van der Waals surface area (Å²) < 4.78 is 2.43. The van der Waals surface area contributed by atoms with Crippen molar-refractivity contribution in [3.05, 3.63) is 131 Å². The molecular weight excluding hydrogens is 458 g/mol. The first-order valence-electron chi connectivity index (χ1n) is 13.4. The van der Waals surface area contributed by atoms with E-state index in [1.807, 2.05) is 6.08 Å². The van der Waals surface area contributed by atoms with Gasteiger partial charge in [-0.15, -0.1) is 0 Å². The van der Waals surface area contributed by atoms with E-state index in [-0.39, 0.29) is 5.41 Å². The van der Waals surface area contributed by atoms with Gasteiger partial charge in [0.25, 0.3) is 0 Å². The lowest BCUT2D eigenvalue weighted by atomic mass is 9.81. The van der Waals surface area contributed by atoms with Crippen molar-refractivity contribution in [2.45, 2.75) is 33.1 Å². The topological polar surface area (TPSA) is 4.93 Å². The van der Waals surface area contributed by atoms with E-state index in [9.17, 15) is 0 Å². The van der Waals surface area contributed by atoms with Crippen LogP contribution in [0.3, 0.4) is 0 Å². The predicted molar refractivity (Wildman–Crippen MR) is 163 cm³/mol. The monoisotopic (exact) mass is 489 g/mol. The molecule has 0 N–H and O–H groups in total. The maximum absolute atomic E-state index is 4.07. The molecule has 6 aromatic rings. The van der Waals surface area contributed by atoms with E-state index in [0.717, 1.165) is 0 Å². The molecule has 0 aliphatic heterocycles. The van der Waals surface area contributed by atoms with Crippen molar-refractivity contribution in [3.63, 3.8) is 0 Å². The summed E-state index contributed by atoms with van der Waals surface area (Å²) in [6.45, 7) is 13.2. The second-order valence-corrected chi connectivity index (χ2v) is 11.2. The summed E-state index contributed by atoms with van der Waals surface area (Å²) in [5.74, 6) is 0. The van der Waals surface area contributed by atoms with Gasteiger partial charge in [0.05, 0.1) is 11.0 Å². The molecule has 38 heavy (non-hydrogen) atoms. The number of para-hydroxylation sites is 1. The van der Waals surface area contributed by atoms with Gasteiger partial charge in [0.15, 0.2) is 0 Å². The van der Waals surface area contributed by atoms with Crippen molar-refractivity contribution in [1.82, 2.24) is 4.57 Å². The highest BCUT2D eigenvalue weighted by Crippen LogP contribution is 2.52. The molecule has 0 saturated heterocycles. The van der Waals surface area contributed by atoms with Crippen molar-refractivity contribution in [2.75, 3.05) is 0 Å². The second kappa shape index (κ2) is 8.07. The van der Waals surface area contributed by atoms with Gasteiger partial charge in [-0.05, 0) is 101 Å². The minimum absolute atomic E-state index is 0.0893. The molecule has 1 heteroatoms. The minimum atomic E-state index is -0.0893. The molecule has 0 saturated carbocycles. The molecule has 1 nitrogen and oxygen atoms in total. The zero-order valence-corrected chi connectivity index (χ0v) is 22.5. The molecule has 0 atom stereocenters. The third kappa shape index (κ3) is 3.12. The summed E-state index contributed by atoms with van der Waals surface area (Å²) in [6, 6.07) is 35.9. The smallest absolute Gasteiger partial charge is 0.0544 e. The van der Waals surface area contributed by atoms with E-state index >= 15 is 0 Å². The van der Waals surface area contributed by atoms with Gasteiger partial charge in [-0.1, -0.05) is 86.7 Å². The van der Waals surface area contributed by atoms with Crippen LogP contribution in [0.25, 0.3) is 55.8 Å². The number of aromatic nitrogens is 1. The Morgan fingerprint density at radius 2 is 1.32 bits per heavy atom. The molecule has 0 unspecified atom stereocenters. The summed E-state index contributed by atoms with van der Waals surface area (Å²) in [7, 11) is 0. The van der Waals surface area contributed by atoms with Gasteiger partial charge in [-0.2, -0.15) is 0 Å². The Kier molecular flexibility index (Phi) is 4.84. The number of hydrogen-bond acceptors (Lipinski definition) is 0. The summed E-state index contributed by atoms with van der Waals surface area (Å²) in [4.78, 5) is 0. The average molecular weight is 490 g/mol. The van der Waals surface area contributed by atoms with Crippen molar-refractivity contribution in [1.29, 1.82) is 0 Å². The molecule has 0 amide bonds. The lowest BCUT2D eigenvalue weighted by molar-refractivity contribution is 0.660. The molecule has 1 aliphatic carbocycles. The molecule has 184 valence electrons. The third-order valence-corrected chi connectivity index (χ3v) is 8.55. The first-order valence-corrected chi connectivity index (χ1v) is 13.4. The fourth-order valence-electron chi connectivity index (χ4n) is 6.58. The first-order chi connectivity index (χ1) is 18.4. The van der Waals surface area contributed by atoms with Gasteiger partial charge in [-0.3, -0.25) is 0 Å². The van der Waals surface area contributed by atoms with Crippen LogP contribution in [0.5, 0.6) is 0 Å². The molecular formula is C37H31N. The highest BCUT2D eigenvalue weighted by Gasteiger charge is 2.37. The van der Waals surface area contributed by atoms with Crippen LogP contribution >= 0.6 is 0 Å². The van der Waals surface area contributed by atoms with Gasteiger partial charge in [0, 0.05) is 21.9 Å². The normalized spacial score (nSPS) is 13.6. The number of rotatable bonds is 3. The number of fused-ring (bicyclic) bond motifs is 6. The van der Waals surface area contributed by atoms with Crippen molar-refractivity contribution >= 4 is 27.9 Å². The lowest BCUT2D eigenvalue weighted by Crippen LogP contribution is -2.15. The van der Waals surface area contributed by atoms with E-state index in [1.54, 1.807) is 0 Å². The Bertz CT molecular complexity index is 1910. The SMILES string of the molecule is C=Cc1ccccc1-c1cc2c(cc1C)C(C)(C)c1cc3c(cc1-2)c1cc(C)ccc1n3-c1ccccc1. The van der Waals surface area contributed by atoms with E-state index in [4.69, 9.17) is 0 Å². The van der Waals surface area contributed by atoms with Gasteiger partial charge in [-0.25, -0.2) is 0 Å². The van der Waals surface area contributed by atoms with E-state index in [0.29, 0.717) is 0 Å². The van der Waals surface area contributed by atoms with Crippen LogP contribution in [0, 0.1) is 13.8 Å². The summed E-state index contributed by atoms with van der Waals surface area (Å²) in [6.07, 6.45) is 1.96. The zero-order chi connectivity index (χ0) is 26.2. The Morgan fingerprint density at radius 3 is 2.11 bits per heavy atom. The molecule has 0 fully saturated rings. The highest BCUT2D eigenvalue weighted by molar-refractivity contribution is 6.12. The average Bonchev–Trinajstić information content (AvgIpc) is 3.35. The molecule has 0 spiro atoms. The minimum Gasteiger partial charge on any atom is -0.309 e. The second-order valence-electron chi connectivity index (χ2n) is 11.2. The summed E-state index contributed by atoms with van der Waals surface area (Å²) in [5.41, 5.74) is 15.4. The van der Waals surface area contributed by atoms with E-state index in [2.05, 4.69) is 136 Å². The zero-order valence-electron chi connectivity index (χ0n) is 22.5. The molecule has 1 aliphatic rings. The van der Waals surface area contributed by atoms with Crippen LogP contribution in [-0.2, 0) is 5.41 Å². The predicted octanol–water partition coefficient (Wildman–Crippen LogP) is 10.0. The van der Waals surface area contributed by atoms with Crippen molar-refractivity contribution in [2.24, 2.45) is 0 Å². The quantitative estimate of drug-likeness (QED) is 0.233. The first kappa shape index (κ1) is 22.8. The molecule has 7 rings (SSSR count). The van der Waals surface area contributed by atoms with Crippen LogP contribution in [0.2, 0.25) is 0 Å². The van der Waals surface area contributed by atoms with E-state index < -0.39 is 0 Å². The molecule has 0 bridgehead atoms. The van der Waals surface area contributed by atoms with Gasteiger partial charge >= 0.3 is 0 Å². The fourth-order valence-corrected chi connectivity index (χ4v) is 6.58. The summed E-state index contributed by atoms with van der Waals surface area (Å²) >= 11 is 0. The summed E-state index contributed by atoms with van der Waals surface area (Å²) in [5, 5.41) is 2.62. The van der Waals surface area contributed by atoms with E-state index in [1.165, 1.54) is 77.6 Å². The lowest BCUT2D eigenvalue weighted by Gasteiger charge is -2.23. The molecule has 1 heterocycles. The number of benzene rings is 5. The van der Waals surface area contributed by atoms with Crippen LogP contribution in [0.4, 0.5) is 0 Å². The van der Waals surface area contributed by atoms with Crippen molar-refractivity contribution in [3.8, 4) is 27.9 Å². The Morgan fingerprint density at radius 1 is 0.632 bits per heavy atom. The molecule has 1 aromatic heterocycles. The van der Waals surface area contributed by atoms with Crippen LogP contribution < -0.4 is 0 Å². The maximum Gasteiger partial charge on any atom is 0.0544 e. The van der Waals surface area contributed by atoms with Gasteiger partial charge in [0.2, 0.25) is 0 Å². The number of hydrogen-bond donors (Lipinski definition) is 0. The highest BCUT2D eigenvalue weighted by atomic mass is 15.0. The van der Waals surface area contributed by atoms with Crippen LogP contribution in [0.1, 0.15) is 41.7 Å². The third-order valence-electron chi connectivity index (χ3n) is 8.55. The maximum atomic E-state index is 4.07. The molecule has 5 aromatic carbocycles. The standard InChI is InChI=1S/C37H31N/c1-6-25-12-10-11-15-27(25)28-20-29-30-21-32-31-18-23(2)16-17-35(31)38(26-13-8-7-9-14-26)36(32)22-34(30)37(4,5)33(29)19-24(28)3/h6-22H,1H2,2-5H3. The number of nitrogens with zero attached hydrogens (tertiary/aromatic N) is 1. The van der Waals surface area contributed by atoms with Crippen molar-refractivity contribution < 1.29 is 0 Å². The Labute approximate surface area is 224 Å². The fraction of sp³-hybridized carbons (Fsp3) is 0.135.